The quantitative estimate of drug-likeness (QED) is 0.538. The van der Waals surface area contributed by atoms with Crippen molar-refractivity contribution in [3.63, 3.8) is 0 Å². The highest BCUT2D eigenvalue weighted by Gasteiger charge is 1.95. The van der Waals surface area contributed by atoms with Crippen molar-refractivity contribution >= 4 is 22.6 Å². The predicted octanol–water partition coefficient (Wildman–Crippen LogP) is 2.09. The molecule has 8 heavy (non-hydrogen) atoms. The van der Waals surface area contributed by atoms with Crippen molar-refractivity contribution in [1.82, 2.24) is 0 Å². The van der Waals surface area contributed by atoms with E-state index in [0.29, 0.717) is 5.57 Å². The van der Waals surface area contributed by atoms with Crippen molar-refractivity contribution in [3.8, 4) is 0 Å². The Morgan fingerprint density at radius 2 is 2.12 bits per heavy atom. The molecule has 0 aliphatic heterocycles. The van der Waals surface area contributed by atoms with Crippen LogP contribution in [0.1, 0.15) is 6.92 Å². The van der Waals surface area contributed by atoms with Crippen molar-refractivity contribution in [1.29, 1.82) is 0 Å². The summed E-state index contributed by atoms with van der Waals surface area (Å²) in [6.07, 6.45) is 0. The van der Waals surface area contributed by atoms with Gasteiger partial charge < -0.3 is 5.73 Å². The van der Waals surface area contributed by atoms with Gasteiger partial charge in [-0.2, -0.15) is 4.39 Å². The third-order valence-electron chi connectivity index (χ3n) is 0.663. The minimum atomic E-state index is -0.393. The van der Waals surface area contributed by atoms with E-state index >= 15 is 0 Å². The fraction of sp³-hybridized carbons (Fsp3) is 0.200. The molecular formula is C5H7FIN. The first-order valence-corrected chi connectivity index (χ1v) is 3.10. The van der Waals surface area contributed by atoms with Gasteiger partial charge in [-0.3, -0.25) is 0 Å². The number of allylic oxidation sites excluding steroid dienone is 1. The predicted molar refractivity (Wildman–Crippen MR) is 41.2 cm³/mol. The summed E-state index contributed by atoms with van der Waals surface area (Å²) in [5.74, 6) is 0. The highest BCUT2D eigenvalue weighted by Crippen LogP contribution is 2.14. The van der Waals surface area contributed by atoms with Gasteiger partial charge in [0.2, 0.25) is 0 Å². The third-order valence-corrected chi connectivity index (χ3v) is 1.24. The molecule has 0 spiro atoms. The summed E-state index contributed by atoms with van der Waals surface area (Å²) >= 11 is 1.51. The van der Waals surface area contributed by atoms with Crippen molar-refractivity contribution in [3.05, 3.63) is 21.7 Å². The van der Waals surface area contributed by atoms with Gasteiger partial charge in [-0.05, 0) is 35.1 Å². The van der Waals surface area contributed by atoms with Gasteiger partial charge in [-0.15, -0.1) is 0 Å². The van der Waals surface area contributed by atoms with Crippen molar-refractivity contribution in [2.45, 2.75) is 6.92 Å². The number of halogens is 2. The Balaban J connectivity index is 4.23. The molecule has 0 fully saturated rings. The lowest BCUT2D eigenvalue weighted by atomic mass is 10.3. The SMILES string of the molecule is C=C(C)/C(N)=C(/F)I. The average Bonchev–Trinajstić information content (AvgIpc) is 1.64. The van der Waals surface area contributed by atoms with Gasteiger partial charge in [0.05, 0.1) is 5.70 Å². The fourth-order valence-corrected chi connectivity index (χ4v) is 0.622. The summed E-state index contributed by atoms with van der Waals surface area (Å²) < 4.78 is 11.6. The van der Waals surface area contributed by atoms with Crippen LogP contribution in [0.15, 0.2) is 21.7 Å². The standard InChI is InChI=1S/C5H7FIN/c1-3(2)4(8)5(6)7/h1,8H2,2H3/b5-4+. The Morgan fingerprint density at radius 1 is 1.75 bits per heavy atom. The van der Waals surface area contributed by atoms with Gasteiger partial charge in [-0.25, -0.2) is 0 Å². The van der Waals surface area contributed by atoms with Crippen LogP contribution >= 0.6 is 22.6 Å². The summed E-state index contributed by atoms with van der Waals surface area (Å²) in [4.78, 5) is 0. The van der Waals surface area contributed by atoms with Crippen LogP contribution in [0.3, 0.4) is 0 Å². The molecule has 0 bridgehead atoms. The molecule has 0 saturated heterocycles. The molecule has 0 rings (SSSR count). The minimum Gasteiger partial charge on any atom is -0.396 e. The molecule has 0 aromatic carbocycles. The molecule has 0 aromatic heterocycles. The van der Waals surface area contributed by atoms with E-state index in [9.17, 15) is 4.39 Å². The van der Waals surface area contributed by atoms with Gasteiger partial charge in [0.15, 0.2) is 3.83 Å². The van der Waals surface area contributed by atoms with Crippen LogP contribution in [-0.4, -0.2) is 0 Å². The van der Waals surface area contributed by atoms with E-state index in [4.69, 9.17) is 5.73 Å². The Morgan fingerprint density at radius 3 is 2.12 bits per heavy atom. The van der Waals surface area contributed by atoms with Crippen LogP contribution in [-0.2, 0) is 0 Å². The zero-order valence-electron chi connectivity index (χ0n) is 4.54. The Labute approximate surface area is 61.6 Å². The number of hydrogen-bond donors (Lipinski definition) is 1. The zero-order valence-corrected chi connectivity index (χ0v) is 6.70. The maximum atomic E-state index is 12.0. The highest BCUT2D eigenvalue weighted by atomic mass is 127. The van der Waals surface area contributed by atoms with E-state index in [2.05, 4.69) is 6.58 Å². The van der Waals surface area contributed by atoms with Gasteiger partial charge in [-0.1, -0.05) is 6.58 Å². The summed E-state index contributed by atoms with van der Waals surface area (Å²) in [5.41, 5.74) is 5.87. The largest absolute Gasteiger partial charge is 0.396 e. The van der Waals surface area contributed by atoms with Crippen LogP contribution in [0.2, 0.25) is 0 Å². The van der Waals surface area contributed by atoms with Gasteiger partial charge in [0.25, 0.3) is 0 Å². The van der Waals surface area contributed by atoms with Crippen LogP contribution in [0.5, 0.6) is 0 Å². The summed E-state index contributed by atoms with van der Waals surface area (Å²) in [7, 11) is 0. The molecule has 0 radical (unpaired) electrons. The first-order valence-electron chi connectivity index (χ1n) is 2.02. The van der Waals surface area contributed by atoms with E-state index < -0.39 is 3.83 Å². The second kappa shape index (κ2) is 3.06. The van der Waals surface area contributed by atoms with Crippen LogP contribution in [0.25, 0.3) is 0 Å². The molecule has 0 atom stereocenters. The molecule has 0 saturated carbocycles. The van der Waals surface area contributed by atoms with E-state index in [0.717, 1.165) is 0 Å². The molecule has 0 aliphatic carbocycles. The lowest BCUT2D eigenvalue weighted by Gasteiger charge is -1.94. The normalized spacial score (nSPS) is 12.9. The molecule has 0 heterocycles. The second-order valence-corrected chi connectivity index (χ2v) is 2.40. The molecule has 0 aromatic rings. The van der Waals surface area contributed by atoms with Crippen molar-refractivity contribution in [2.75, 3.05) is 0 Å². The molecular weight excluding hydrogens is 220 g/mol. The molecule has 0 unspecified atom stereocenters. The summed E-state index contributed by atoms with van der Waals surface area (Å²) in [6, 6.07) is 0. The van der Waals surface area contributed by atoms with Gasteiger partial charge in [0.1, 0.15) is 0 Å². The minimum absolute atomic E-state index is 0.144. The number of rotatable bonds is 1. The molecule has 46 valence electrons. The number of hydrogen-bond acceptors (Lipinski definition) is 1. The Kier molecular flexibility index (Phi) is 3.04. The third kappa shape index (κ3) is 2.30. The second-order valence-electron chi connectivity index (χ2n) is 1.45. The monoisotopic (exact) mass is 227 g/mol. The van der Waals surface area contributed by atoms with E-state index in [-0.39, 0.29) is 5.70 Å². The topological polar surface area (TPSA) is 26.0 Å². The summed E-state index contributed by atoms with van der Waals surface area (Å²) in [5, 5.41) is 0. The highest BCUT2D eigenvalue weighted by molar-refractivity contribution is 14.1. The molecule has 0 aliphatic rings. The lowest BCUT2D eigenvalue weighted by Crippen LogP contribution is -1.97. The van der Waals surface area contributed by atoms with Crippen LogP contribution in [0.4, 0.5) is 4.39 Å². The van der Waals surface area contributed by atoms with Crippen LogP contribution in [0, 0.1) is 0 Å². The van der Waals surface area contributed by atoms with Crippen molar-refractivity contribution in [2.24, 2.45) is 5.73 Å². The number of nitrogens with two attached hydrogens (primary N) is 1. The first-order chi connectivity index (χ1) is 3.55. The lowest BCUT2D eigenvalue weighted by molar-refractivity contribution is 0.699. The maximum absolute atomic E-state index is 12.0. The maximum Gasteiger partial charge on any atom is 0.183 e. The Bertz CT molecular complexity index is 135. The van der Waals surface area contributed by atoms with Crippen molar-refractivity contribution < 1.29 is 4.39 Å². The van der Waals surface area contributed by atoms with E-state index in [1.54, 1.807) is 6.92 Å². The molecule has 1 nitrogen and oxygen atoms in total. The van der Waals surface area contributed by atoms with E-state index in [1.807, 2.05) is 0 Å². The zero-order chi connectivity index (χ0) is 6.73. The first kappa shape index (κ1) is 7.94. The smallest absolute Gasteiger partial charge is 0.183 e. The summed E-state index contributed by atoms with van der Waals surface area (Å²) in [6.45, 7) is 5.11. The Hall–Kier alpha value is -0.0600. The van der Waals surface area contributed by atoms with Crippen LogP contribution < -0.4 is 5.73 Å². The average molecular weight is 227 g/mol. The molecule has 2 N–H and O–H groups in total. The molecule has 0 amide bonds. The fourth-order valence-electron chi connectivity index (χ4n) is 0.161. The van der Waals surface area contributed by atoms with E-state index in [1.165, 1.54) is 22.6 Å². The van der Waals surface area contributed by atoms with Gasteiger partial charge in [0, 0.05) is 0 Å². The van der Waals surface area contributed by atoms with Gasteiger partial charge >= 0.3 is 0 Å². The molecule has 3 heteroatoms.